The van der Waals surface area contributed by atoms with Crippen molar-refractivity contribution >= 4 is 11.6 Å². The monoisotopic (exact) mass is 315 g/mol. The quantitative estimate of drug-likeness (QED) is 0.687. The van der Waals surface area contributed by atoms with Crippen molar-refractivity contribution in [1.29, 1.82) is 0 Å². The molecule has 1 aliphatic heterocycles. The fraction of sp³-hybridized carbons (Fsp3) is 0.471. The SMILES string of the molecule is C#CCCC1(CCC(=O)Nc2cc(C)cc(OCCO)c2)N=N1. The molecule has 1 aromatic rings. The zero-order valence-corrected chi connectivity index (χ0v) is 13.2. The van der Waals surface area contributed by atoms with Gasteiger partial charge in [0.2, 0.25) is 5.91 Å². The number of ether oxygens (including phenoxy) is 1. The predicted molar refractivity (Wildman–Crippen MR) is 87.3 cm³/mol. The molecule has 2 rings (SSSR count). The Balaban J connectivity index is 1.85. The predicted octanol–water partition coefficient (Wildman–Crippen LogP) is 2.66. The lowest BCUT2D eigenvalue weighted by Crippen LogP contribution is -2.17. The van der Waals surface area contributed by atoms with E-state index in [0.29, 0.717) is 37.1 Å². The highest BCUT2D eigenvalue weighted by Gasteiger charge is 2.39. The van der Waals surface area contributed by atoms with Crippen LogP contribution in [-0.2, 0) is 4.79 Å². The van der Waals surface area contributed by atoms with Crippen LogP contribution in [0.1, 0.15) is 31.2 Å². The van der Waals surface area contributed by atoms with Crippen LogP contribution in [0.25, 0.3) is 0 Å². The molecule has 122 valence electrons. The number of nitrogens with zero attached hydrogens (tertiary/aromatic N) is 2. The minimum atomic E-state index is -0.439. The van der Waals surface area contributed by atoms with Gasteiger partial charge in [-0.25, -0.2) is 0 Å². The molecule has 6 heteroatoms. The number of amides is 1. The third-order valence-corrected chi connectivity index (χ3v) is 3.50. The molecule has 0 aromatic heterocycles. The summed E-state index contributed by atoms with van der Waals surface area (Å²) < 4.78 is 5.38. The molecule has 1 aromatic carbocycles. The number of nitrogens with one attached hydrogen (secondary N) is 1. The number of aryl methyl sites for hydroxylation is 1. The molecule has 0 atom stereocenters. The van der Waals surface area contributed by atoms with Crippen LogP contribution in [0.3, 0.4) is 0 Å². The van der Waals surface area contributed by atoms with Gasteiger partial charge >= 0.3 is 0 Å². The van der Waals surface area contributed by atoms with Crippen molar-refractivity contribution in [1.82, 2.24) is 0 Å². The van der Waals surface area contributed by atoms with Gasteiger partial charge in [0.15, 0.2) is 5.66 Å². The zero-order valence-electron chi connectivity index (χ0n) is 13.2. The van der Waals surface area contributed by atoms with E-state index in [1.807, 2.05) is 19.1 Å². The number of aliphatic hydroxyl groups is 1. The second-order valence-corrected chi connectivity index (χ2v) is 5.54. The first-order chi connectivity index (χ1) is 11.1. The van der Waals surface area contributed by atoms with Crippen molar-refractivity contribution in [3.63, 3.8) is 0 Å². The molecule has 2 N–H and O–H groups in total. The first-order valence-corrected chi connectivity index (χ1v) is 7.60. The van der Waals surface area contributed by atoms with Gasteiger partial charge in [0.25, 0.3) is 0 Å². The molecule has 0 radical (unpaired) electrons. The second-order valence-electron chi connectivity index (χ2n) is 5.54. The van der Waals surface area contributed by atoms with E-state index in [0.717, 1.165) is 5.56 Å². The molecule has 0 bridgehead atoms. The van der Waals surface area contributed by atoms with Gasteiger partial charge in [-0.15, -0.1) is 12.3 Å². The molecule has 0 spiro atoms. The van der Waals surface area contributed by atoms with Gasteiger partial charge in [0, 0.05) is 37.4 Å². The number of carbonyl (C=O) groups excluding carboxylic acids is 1. The smallest absolute Gasteiger partial charge is 0.224 e. The molecule has 0 saturated heterocycles. The van der Waals surface area contributed by atoms with Crippen LogP contribution in [0.4, 0.5) is 5.69 Å². The second kappa shape index (κ2) is 7.75. The fourth-order valence-corrected chi connectivity index (χ4v) is 2.27. The Morgan fingerprint density at radius 3 is 2.83 bits per heavy atom. The van der Waals surface area contributed by atoms with Gasteiger partial charge in [-0.2, -0.15) is 10.2 Å². The molecule has 0 aliphatic carbocycles. The summed E-state index contributed by atoms with van der Waals surface area (Å²) in [4.78, 5) is 12.1. The largest absolute Gasteiger partial charge is 0.491 e. The summed E-state index contributed by atoms with van der Waals surface area (Å²) in [7, 11) is 0. The number of aliphatic hydroxyl groups excluding tert-OH is 1. The number of benzene rings is 1. The number of hydrogen-bond acceptors (Lipinski definition) is 5. The van der Waals surface area contributed by atoms with E-state index < -0.39 is 5.66 Å². The summed E-state index contributed by atoms with van der Waals surface area (Å²) in [6, 6.07) is 5.45. The highest BCUT2D eigenvalue weighted by atomic mass is 16.5. The molecule has 1 heterocycles. The summed E-state index contributed by atoms with van der Waals surface area (Å²) in [5, 5.41) is 19.7. The number of hydrogen-bond donors (Lipinski definition) is 2. The molecule has 1 aliphatic rings. The Kier molecular flexibility index (Phi) is 5.72. The number of anilines is 1. The first-order valence-electron chi connectivity index (χ1n) is 7.60. The van der Waals surface area contributed by atoms with Gasteiger partial charge < -0.3 is 15.2 Å². The average Bonchev–Trinajstić information content (AvgIpc) is 3.29. The minimum Gasteiger partial charge on any atom is -0.491 e. The normalized spacial score (nSPS) is 14.1. The van der Waals surface area contributed by atoms with Crippen LogP contribution in [0.5, 0.6) is 5.75 Å². The van der Waals surface area contributed by atoms with Crippen molar-refractivity contribution < 1.29 is 14.6 Å². The Labute approximate surface area is 136 Å². The van der Waals surface area contributed by atoms with E-state index in [4.69, 9.17) is 16.3 Å². The van der Waals surface area contributed by atoms with E-state index >= 15 is 0 Å². The molecule has 1 amide bonds. The third-order valence-electron chi connectivity index (χ3n) is 3.50. The van der Waals surface area contributed by atoms with Crippen molar-refractivity contribution in [3.8, 4) is 18.1 Å². The Morgan fingerprint density at radius 2 is 2.17 bits per heavy atom. The molecule has 23 heavy (non-hydrogen) atoms. The van der Waals surface area contributed by atoms with E-state index in [1.54, 1.807) is 6.07 Å². The summed E-state index contributed by atoms with van der Waals surface area (Å²) in [6.45, 7) is 2.08. The summed E-state index contributed by atoms with van der Waals surface area (Å²) in [5.41, 5.74) is 1.20. The number of terminal acetylenes is 1. The van der Waals surface area contributed by atoms with E-state index in [1.165, 1.54) is 0 Å². The van der Waals surface area contributed by atoms with Crippen LogP contribution in [-0.4, -0.2) is 29.9 Å². The Bertz CT molecular complexity index is 628. The molecule has 6 nitrogen and oxygen atoms in total. The van der Waals surface area contributed by atoms with Gasteiger partial charge in [0.1, 0.15) is 12.4 Å². The van der Waals surface area contributed by atoms with Crippen molar-refractivity contribution in [2.45, 2.75) is 38.3 Å². The van der Waals surface area contributed by atoms with Crippen molar-refractivity contribution in [3.05, 3.63) is 23.8 Å². The van der Waals surface area contributed by atoms with Crippen molar-refractivity contribution in [2.24, 2.45) is 10.2 Å². The van der Waals surface area contributed by atoms with Gasteiger partial charge in [-0.05, 0) is 24.6 Å². The van der Waals surface area contributed by atoms with Gasteiger partial charge in [-0.1, -0.05) is 0 Å². The lowest BCUT2D eigenvalue weighted by Gasteiger charge is -2.11. The van der Waals surface area contributed by atoms with Crippen LogP contribution >= 0.6 is 0 Å². The van der Waals surface area contributed by atoms with Crippen LogP contribution in [0, 0.1) is 19.3 Å². The molecule has 0 saturated carbocycles. The van der Waals surface area contributed by atoms with E-state index in [2.05, 4.69) is 21.5 Å². The lowest BCUT2D eigenvalue weighted by atomic mass is 10.0. The van der Waals surface area contributed by atoms with Crippen LogP contribution in [0.15, 0.2) is 28.4 Å². The Hall–Kier alpha value is -2.39. The summed E-state index contributed by atoms with van der Waals surface area (Å²) >= 11 is 0. The van der Waals surface area contributed by atoms with Crippen molar-refractivity contribution in [2.75, 3.05) is 18.5 Å². The molecule has 0 fully saturated rings. The summed E-state index contributed by atoms with van der Waals surface area (Å²) in [5.74, 6) is 3.09. The summed E-state index contributed by atoms with van der Waals surface area (Å²) in [6.07, 6.45) is 7.45. The molecular weight excluding hydrogens is 294 g/mol. The molecular formula is C17H21N3O3. The maximum atomic E-state index is 12.1. The van der Waals surface area contributed by atoms with E-state index in [9.17, 15) is 4.79 Å². The van der Waals surface area contributed by atoms with Crippen LogP contribution in [0.2, 0.25) is 0 Å². The maximum Gasteiger partial charge on any atom is 0.224 e. The minimum absolute atomic E-state index is 0.0532. The topological polar surface area (TPSA) is 83.3 Å². The number of carbonyl (C=O) groups is 1. The first kappa shape index (κ1) is 17.0. The Morgan fingerprint density at radius 1 is 1.39 bits per heavy atom. The highest BCUT2D eigenvalue weighted by molar-refractivity contribution is 5.91. The molecule has 0 unspecified atom stereocenters. The number of rotatable bonds is 9. The van der Waals surface area contributed by atoms with Gasteiger partial charge in [-0.3, -0.25) is 4.79 Å². The highest BCUT2D eigenvalue weighted by Crippen LogP contribution is 2.37. The standard InChI is InChI=1S/C17H21N3O3/c1-3-4-6-17(19-20-17)7-5-16(22)18-14-10-13(2)11-15(12-14)23-9-8-21/h1,10-12,21H,4-9H2,2H3,(H,18,22). The third kappa shape index (κ3) is 5.38. The fourth-order valence-electron chi connectivity index (χ4n) is 2.27. The van der Waals surface area contributed by atoms with E-state index in [-0.39, 0.29) is 19.1 Å². The average molecular weight is 315 g/mol. The van der Waals surface area contributed by atoms with Crippen LogP contribution < -0.4 is 10.1 Å². The zero-order chi connectivity index (χ0) is 16.7. The van der Waals surface area contributed by atoms with Gasteiger partial charge in [0.05, 0.1) is 6.61 Å². The lowest BCUT2D eigenvalue weighted by molar-refractivity contribution is -0.116. The maximum absolute atomic E-state index is 12.1.